The SMILES string of the molecule is BC(B)(B)NC(=O)c1nnc(Nc2cc(C)ccn2)cc1Nc1ncccc1CS(=O)(=O)C1CC1. The van der Waals surface area contributed by atoms with E-state index in [1.165, 1.54) is 0 Å². The van der Waals surface area contributed by atoms with E-state index in [0.717, 1.165) is 5.56 Å². The van der Waals surface area contributed by atoms with E-state index < -0.39 is 21.0 Å². The molecule has 0 saturated heterocycles. The molecule has 0 atom stereocenters. The normalized spacial score (nSPS) is 13.7. The number of rotatable bonds is 9. The van der Waals surface area contributed by atoms with Crippen molar-refractivity contribution < 1.29 is 13.2 Å². The maximum absolute atomic E-state index is 13.0. The van der Waals surface area contributed by atoms with E-state index >= 15 is 0 Å². The average Bonchev–Trinajstić information content (AvgIpc) is 3.60. The lowest BCUT2D eigenvalue weighted by Crippen LogP contribution is -2.50. The molecule has 3 N–H and O–H groups in total. The van der Waals surface area contributed by atoms with Gasteiger partial charge in [-0.25, -0.2) is 18.4 Å². The summed E-state index contributed by atoms with van der Waals surface area (Å²) in [4.78, 5) is 21.6. The van der Waals surface area contributed by atoms with Gasteiger partial charge in [-0.05, 0) is 48.8 Å². The van der Waals surface area contributed by atoms with E-state index in [-0.39, 0.29) is 16.7 Å². The largest absolute Gasteiger partial charge is 0.368 e. The van der Waals surface area contributed by atoms with Crippen molar-refractivity contribution >= 4 is 62.4 Å². The summed E-state index contributed by atoms with van der Waals surface area (Å²) >= 11 is 0. The Bertz CT molecular complexity index is 1360. The predicted molar refractivity (Wildman–Crippen MR) is 143 cm³/mol. The summed E-state index contributed by atoms with van der Waals surface area (Å²) in [7, 11) is 2.33. The molecule has 0 spiro atoms. The molecule has 0 radical (unpaired) electrons. The summed E-state index contributed by atoms with van der Waals surface area (Å²) in [6.07, 6.45) is 4.63. The molecule has 1 aliphatic carbocycles. The summed E-state index contributed by atoms with van der Waals surface area (Å²) in [5, 5.41) is 16.6. The highest BCUT2D eigenvalue weighted by atomic mass is 32.2. The quantitative estimate of drug-likeness (QED) is 0.336. The van der Waals surface area contributed by atoms with Crippen molar-refractivity contribution in [2.24, 2.45) is 0 Å². The number of sulfone groups is 1. The Morgan fingerprint density at radius 2 is 1.83 bits per heavy atom. The molecule has 1 fully saturated rings. The molecule has 14 heteroatoms. The summed E-state index contributed by atoms with van der Waals surface area (Å²) in [5.74, 6) is 0.728. The van der Waals surface area contributed by atoms with Gasteiger partial charge in [0.05, 0.1) is 16.7 Å². The number of pyridine rings is 2. The van der Waals surface area contributed by atoms with E-state index in [1.807, 2.05) is 42.6 Å². The molecule has 178 valence electrons. The maximum atomic E-state index is 13.0. The van der Waals surface area contributed by atoms with E-state index in [0.29, 0.717) is 41.5 Å². The van der Waals surface area contributed by atoms with Gasteiger partial charge in [0.2, 0.25) is 0 Å². The van der Waals surface area contributed by atoms with Crippen LogP contribution in [0.5, 0.6) is 0 Å². The van der Waals surface area contributed by atoms with Crippen LogP contribution in [0.2, 0.25) is 0 Å². The number of hydrogen-bond acceptors (Lipinski definition) is 9. The first-order chi connectivity index (χ1) is 16.5. The lowest BCUT2D eigenvalue weighted by molar-refractivity contribution is 0.0947. The molecule has 0 unspecified atom stereocenters. The molecular weight excluding hydrogens is 463 g/mol. The summed E-state index contributed by atoms with van der Waals surface area (Å²) in [6, 6.07) is 8.77. The van der Waals surface area contributed by atoms with E-state index in [1.54, 1.807) is 30.6 Å². The smallest absolute Gasteiger partial charge is 0.272 e. The lowest BCUT2D eigenvalue weighted by Gasteiger charge is -2.21. The molecule has 0 bridgehead atoms. The molecule has 0 aliphatic heterocycles. The maximum Gasteiger partial charge on any atom is 0.272 e. The summed E-state index contributed by atoms with van der Waals surface area (Å²) in [6.45, 7) is 1.95. The molecule has 3 heterocycles. The highest BCUT2D eigenvalue weighted by Crippen LogP contribution is 2.32. The van der Waals surface area contributed by atoms with Crippen LogP contribution in [0.3, 0.4) is 0 Å². The van der Waals surface area contributed by atoms with Crippen LogP contribution in [0, 0.1) is 6.92 Å². The van der Waals surface area contributed by atoms with Gasteiger partial charge in [-0.1, -0.05) is 6.07 Å². The Balaban J connectivity index is 1.69. The number of carbonyl (C=O) groups excluding carboxylic acids is 1. The average molecular weight is 489 g/mol. The topological polar surface area (TPSA) is 139 Å². The van der Waals surface area contributed by atoms with Crippen molar-refractivity contribution in [1.82, 2.24) is 25.5 Å². The number of anilines is 4. The monoisotopic (exact) mass is 489 g/mol. The first-order valence-electron chi connectivity index (χ1n) is 11.3. The molecular formula is C21H26B3N7O3S. The third-order valence-electron chi connectivity index (χ3n) is 5.20. The first kappa shape index (κ1) is 24.7. The molecule has 35 heavy (non-hydrogen) atoms. The van der Waals surface area contributed by atoms with Gasteiger partial charge in [-0.15, -0.1) is 10.2 Å². The molecule has 1 saturated carbocycles. The van der Waals surface area contributed by atoms with Gasteiger partial charge in [0.15, 0.2) is 21.3 Å². The Morgan fingerprint density at radius 3 is 2.51 bits per heavy atom. The second-order valence-electron chi connectivity index (χ2n) is 9.68. The number of aryl methyl sites for hydroxylation is 1. The number of hydrogen-bond donors (Lipinski definition) is 3. The van der Waals surface area contributed by atoms with Gasteiger partial charge in [0.25, 0.3) is 5.91 Å². The number of carbonyl (C=O) groups is 1. The number of nitrogens with zero attached hydrogens (tertiary/aromatic N) is 4. The zero-order valence-corrected chi connectivity index (χ0v) is 21.0. The minimum absolute atomic E-state index is 0.0596. The lowest BCUT2D eigenvalue weighted by atomic mass is 9.49. The van der Waals surface area contributed by atoms with Crippen LogP contribution in [-0.2, 0) is 15.6 Å². The molecule has 3 aromatic heterocycles. The molecule has 1 aliphatic rings. The van der Waals surface area contributed by atoms with Crippen molar-refractivity contribution in [2.45, 2.75) is 36.0 Å². The second-order valence-corrected chi connectivity index (χ2v) is 12.0. The Kier molecular flexibility index (Phi) is 6.84. The van der Waals surface area contributed by atoms with Gasteiger partial charge in [-0.3, -0.25) is 4.79 Å². The highest BCUT2D eigenvalue weighted by molar-refractivity contribution is 7.91. The van der Waals surface area contributed by atoms with Crippen molar-refractivity contribution in [2.75, 3.05) is 10.6 Å². The van der Waals surface area contributed by atoms with E-state index in [9.17, 15) is 13.2 Å². The van der Waals surface area contributed by atoms with Crippen molar-refractivity contribution in [3.63, 3.8) is 0 Å². The highest BCUT2D eigenvalue weighted by Gasteiger charge is 2.36. The summed E-state index contributed by atoms with van der Waals surface area (Å²) in [5.41, 5.74) is 1.93. The Morgan fingerprint density at radius 1 is 1.06 bits per heavy atom. The van der Waals surface area contributed by atoms with Gasteiger partial charge in [0, 0.05) is 24.0 Å². The van der Waals surface area contributed by atoms with Crippen LogP contribution in [0.15, 0.2) is 42.7 Å². The predicted octanol–water partition coefficient (Wildman–Crippen LogP) is -0.620. The number of amides is 1. The van der Waals surface area contributed by atoms with E-state index in [2.05, 4.69) is 36.1 Å². The van der Waals surface area contributed by atoms with Crippen LogP contribution in [0.1, 0.15) is 34.5 Å². The van der Waals surface area contributed by atoms with Crippen LogP contribution in [0.4, 0.5) is 23.1 Å². The Labute approximate surface area is 207 Å². The van der Waals surface area contributed by atoms with Gasteiger partial charge in [0.1, 0.15) is 35.2 Å². The van der Waals surface area contributed by atoms with Crippen LogP contribution in [0.25, 0.3) is 0 Å². The van der Waals surface area contributed by atoms with Crippen molar-refractivity contribution in [1.29, 1.82) is 0 Å². The van der Waals surface area contributed by atoms with E-state index in [4.69, 9.17) is 0 Å². The number of aromatic nitrogens is 4. The van der Waals surface area contributed by atoms with Gasteiger partial charge < -0.3 is 16.0 Å². The zero-order chi connectivity index (χ0) is 25.2. The third kappa shape index (κ3) is 6.59. The third-order valence-corrected chi connectivity index (χ3v) is 7.40. The standard InChI is InChI=1S/C21H26B3N7O3S/c1-12-6-8-25-16(9-12)28-17-10-15(18(31-30-17)20(32)29-21(22,23)24)27-19-13(3-2-7-26-19)11-35(33,34)14-4-5-14/h2-3,6-10,14H,4-5,11,22-24H2,1H3,(H,29,32)(H2,25,26,27,28,30). The minimum atomic E-state index is -3.27. The fraction of sp³-hybridized carbons (Fsp3) is 0.286. The van der Waals surface area contributed by atoms with Crippen LogP contribution < -0.4 is 16.0 Å². The van der Waals surface area contributed by atoms with Crippen LogP contribution in [-0.4, -0.2) is 68.5 Å². The van der Waals surface area contributed by atoms with Crippen molar-refractivity contribution in [3.05, 3.63) is 59.5 Å². The molecule has 1 amide bonds. The van der Waals surface area contributed by atoms with Crippen molar-refractivity contribution in [3.8, 4) is 0 Å². The Hall–Kier alpha value is -3.41. The minimum Gasteiger partial charge on any atom is -0.368 e. The molecule has 3 aromatic rings. The zero-order valence-electron chi connectivity index (χ0n) is 20.2. The number of nitrogens with one attached hydrogen (secondary N) is 3. The fourth-order valence-corrected chi connectivity index (χ4v) is 5.16. The molecule has 10 nitrogen and oxygen atoms in total. The van der Waals surface area contributed by atoms with Gasteiger partial charge in [-0.2, -0.15) is 0 Å². The first-order valence-corrected chi connectivity index (χ1v) is 13.0. The fourth-order valence-electron chi connectivity index (χ4n) is 3.41. The second kappa shape index (κ2) is 9.69. The van der Waals surface area contributed by atoms with Gasteiger partial charge >= 0.3 is 0 Å². The molecule has 4 rings (SSSR count). The molecule has 0 aromatic carbocycles. The van der Waals surface area contributed by atoms with Crippen LogP contribution >= 0.6 is 0 Å². The summed E-state index contributed by atoms with van der Waals surface area (Å²) < 4.78 is 25.2.